The van der Waals surface area contributed by atoms with Gasteiger partial charge in [0, 0.05) is 0 Å². The number of ether oxygens (including phenoxy) is 2. The predicted molar refractivity (Wildman–Crippen MR) is 115 cm³/mol. The average Bonchev–Trinajstić information content (AvgIpc) is 2.83. The highest BCUT2D eigenvalue weighted by molar-refractivity contribution is 6.07. The predicted octanol–water partition coefficient (Wildman–Crippen LogP) is 1.99. The van der Waals surface area contributed by atoms with E-state index in [2.05, 4.69) is 0 Å². The maximum Gasteiger partial charge on any atom is 0.355 e. The third kappa shape index (κ3) is 3.95. The van der Waals surface area contributed by atoms with E-state index in [0.717, 1.165) is 37.3 Å². The molecule has 0 saturated carbocycles. The molecule has 0 saturated heterocycles. The molecule has 2 aromatic carbocycles. The molecule has 0 aliphatic carbocycles. The number of phenols is 1. The number of methoxy groups -OCH3 is 2. The van der Waals surface area contributed by atoms with Crippen LogP contribution in [0, 0.1) is 11.3 Å². The molecular formula is C23H19N3O7. The fraction of sp³-hybridized carbons (Fsp3) is 0.130. The van der Waals surface area contributed by atoms with Gasteiger partial charge in [-0.1, -0.05) is 30.3 Å². The normalized spacial score (nSPS) is 15.7. The van der Waals surface area contributed by atoms with Crippen LogP contribution in [0.15, 0.2) is 71.2 Å². The molecule has 0 radical (unpaired) electrons. The Morgan fingerprint density at radius 1 is 1.06 bits per heavy atom. The van der Waals surface area contributed by atoms with Crippen LogP contribution in [0.2, 0.25) is 0 Å². The largest absolute Gasteiger partial charge is 0.506 e. The minimum atomic E-state index is -1.31. The van der Waals surface area contributed by atoms with Gasteiger partial charge < -0.3 is 25.4 Å². The zero-order valence-electron chi connectivity index (χ0n) is 17.6. The smallest absolute Gasteiger partial charge is 0.355 e. The standard InChI is InChI=1S/C23H19N3O7/c1-32-22(30)18-17(12-6-4-3-5-7-12)14(11-24)20(25)26(19(18)23(31)33-2)15-10-13(21(28)29)8-9-16(15)27/h3-10,17,27H,25H2,1-2H3,(H,28,29). The summed E-state index contributed by atoms with van der Waals surface area (Å²) < 4.78 is 9.79. The van der Waals surface area contributed by atoms with E-state index in [1.54, 1.807) is 30.3 Å². The van der Waals surface area contributed by atoms with Crippen molar-refractivity contribution in [2.75, 3.05) is 19.1 Å². The lowest BCUT2D eigenvalue weighted by Crippen LogP contribution is -2.40. The third-order valence-corrected chi connectivity index (χ3v) is 5.07. The van der Waals surface area contributed by atoms with Crippen molar-refractivity contribution in [2.45, 2.75) is 5.92 Å². The monoisotopic (exact) mass is 449 g/mol. The van der Waals surface area contributed by atoms with E-state index in [1.165, 1.54) is 0 Å². The first-order chi connectivity index (χ1) is 15.8. The molecule has 33 heavy (non-hydrogen) atoms. The number of rotatable bonds is 5. The summed E-state index contributed by atoms with van der Waals surface area (Å²) in [6.45, 7) is 0. The number of carbonyl (C=O) groups excluding carboxylic acids is 2. The van der Waals surface area contributed by atoms with Gasteiger partial charge in [0.15, 0.2) is 0 Å². The Labute approximate surface area is 188 Å². The number of benzene rings is 2. The van der Waals surface area contributed by atoms with Crippen molar-refractivity contribution in [3.63, 3.8) is 0 Å². The summed E-state index contributed by atoms with van der Waals surface area (Å²) in [4.78, 5) is 38.3. The van der Waals surface area contributed by atoms with Crippen LogP contribution < -0.4 is 10.6 Å². The minimum Gasteiger partial charge on any atom is -0.506 e. The number of esters is 2. The van der Waals surface area contributed by atoms with E-state index in [4.69, 9.17) is 15.2 Å². The van der Waals surface area contributed by atoms with E-state index in [-0.39, 0.29) is 28.2 Å². The van der Waals surface area contributed by atoms with E-state index in [9.17, 15) is 29.9 Å². The molecule has 0 spiro atoms. The lowest BCUT2D eigenvalue weighted by atomic mass is 9.81. The zero-order chi connectivity index (χ0) is 24.3. The molecule has 1 unspecified atom stereocenters. The summed E-state index contributed by atoms with van der Waals surface area (Å²) in [5.41, 5.74) is 5.50. The van der Waals surface area contributed by atoms with E-state index in [1.807, 2.05) is 6.07 Å². The third-order valence-electron chi connectivity index (χ3n) is 5.07. The molecule has 3 rings (SSSR count). The van der Waals surface area contributed by atoms with E-state index < -0.39 is 35.3 Å². The summed E-state index contributed by atoms with van der Waals surface area (Å²) in [5, 5.41) is 29.8. The lowest BCUT2D eigenvalue weighted by molar-refractivity contribution is -0.139. The Morgan fingerprint density at radius 3 is 2.24 bits per heavy atom. The topological polar surface area (TPSA) is 163 Å². The molecule has 168 valence electrons. The molecule has 1 heterocycles. The van der Waals surface area contributed by atoms with Gasteiger partial charge in [0.05, 0.1) is 48.6 Å². The first-order valence-corrected chi connectivity index (χ1v) is 9.48. The van der Waals surface area contributed by atoms with Gasteiger partial charge in [0.1, 0.15) is 17.3 Å². The van der Waals surface area contributed by atoms with Gasteiger partial charge in [-0.05, 0) is 23.8 Å². The van der Waals surface area contributed by atoms with Crippen LogP contribution in [0.1, 0.15) is 21.8 Å². The summed E-state index contributed by atoms with van der Waals surface area (Å²) in [7, 11) is 2.18. The van der Waals surface area contributed by atoms with Crippen LogP contribution in [0.25, 0.3) is 0 Å². The van der Waals surface area contributed by atoms with Crippen molar-refractivity contribution in [1.29, 1.82) is 5.26 Å². The fourth-order valence-corrected chi connectivity index (χ4v) is 3.60. The quantitative estimate of drug-likeness (QED) is 0.575. The number of carboxylic acid groups (broad SMARTS) is 1. The highest BCUT2D eigenvalue weighted by Crippen LogP contribution is 2.45. The molecule has 1 aliphatic heterocycles. The second-order valence-electron chi connectivity index (χ2n) is 6.84. The molecule has 0 bridgehead atoms. The Morgan fingerprint density at radius 2 is 1.70 bits per heavy atom. The first-order valence-electron chi connectivity index (χ1n) is 9.48. The van der Waals surface area contributed by atoms with Gasteiger partial charge in [0.25, 0.3) is 0 Å². The Hall–Kier alpha value is -4.78. The molecule has 2 aromatic rings. The number of aromatic hydroxyl groups is 1. The molecular weight excluding hydrogens is 430 g/mol. The molecule has 10 heteroatoms. The SMILES string of the molecule is COC(=O)C1=C(C(=O)OC)N(c2cc(C(=O)O)ccc2O)C(N)=C(C#N)C1c1ccccc1. The number of aromatic carboxylic acids is 1. The molecule has 0 aromatic heterocycles. The number of allylic oxidation sites excluding steroid dienone is 1. The number of nitriles is 1. The molecule has 4 N–H and O–H groups in total. The summed E-state index contributed by atoms with van der Waals surface area (Å²) >= 11 is 0. The summed E-state index contributed by atoms with van der Waals surface area (Å²) in [6, 6.07) is 13.6. The van der Waals surface area contributed by atoms with Crippen molar-refractivity contribution in [3.8, 4) is 11.8 Å². The fourth-order valence-electron chi connectivity index (χ4n) is 3.60. The molecule has 1 aliphatic rings. The highest BCUT2D eigenvalue weighted by atomic mass is 16.5. The first kappa shape index (κ1) is 22.9. The number of nitrogens with zero attached hydrogens (tertiary/aromatic N) is 2. The number of nitrogens with two attached hydrogens (primary N) is 1. The van der Waals surface area contributed by atoms with Crippen LogP contribution in [0.4, 0.5) is 5.69 Å². The van der Waals surface area contributed by atoms with Gasteiger partial charge >= 0.3 is 17.9 Å². The highest BCUT2D eigenvalue weighted by Gasteiger charge is 2.43. The van der Waals surface area contributed by atoms with Crippen LogP contribution in [0.5, 0.6) is 5.75 Å². The van der Waals surface area contributed by atoms with Crippen LogP contribution in [-0.4, -0.2) is 42.3 Å². The molecule has 1 atom stereocenters. The second-order valence-corrected chi connectivity index (χ2v) is 6.84. The van der Waals surface area contributed by atoms with E-state index in [0.29, 0.717) is 5.56 Å². The molecule has 10 nitrogen and oxygen atoms in total. The van der Waals surface area contributed by atoms with Crippen LogP contribution in [-0.2, 0) is 19.1 Å². The second kappa shape index (κ2) is 9.15. The Bertz CT molecular complexity index is 1240. The molecule has 0 fully saturated rings. The maximum absolute atomic E-state index is 12.9. The van der Waals surface area contributed by atoms with Crippen molar-refractivity contribution in [2.24, 2.45) is 5.73 Å². The number of carboxylic acids is 1. The van der Waals surface area contributed by atoms with Crippen molar-refractivity contribution in [1.82, 2.24) is 0 Å². The number of hydrogen-bond acceptors (Lipinski definition) is 9. The van der Waals surface area contributed by atoms with Gasteiger partial charge in [-0.3, -0.25) is 4.90 Å². The van der Waals surface area contributed by atoms with E-state index >= 15 is 0 Å². The van der Waals surface area contributed by atoms with Crippen molar-refractivity contribution < 1.29 is 34.1 Å². The van der Waals surface area contributed by atoms with Crippen LogP contribution in [0.3, 0.4) is 0 Å². The minimum absolute atomic E-state index is 0.116. The number of carbonyl (C=O) groups is 3. The van der Waals surface area contributed by atoms with Crippen molar-refractivity contribution in [3.05, 3.63) is 82.3 Å². The number of anilines is 1. The zero-order valence-corrected chi connectivity index (χ0v) is 17.6. The van der Waals surface area contributed by atoms with Gasteiger partial charge in [0.2, 0.25) is 0 Å². The maximum atomic E-state index is 12.9. The summed E-state index contributed by atoms with van der Waals surface area (Å²) in [5.74, 6) is -5.10. The Kier molecular flexibility index (Phi) is 6.35. The molecule has 0 amide bonds. The van der Waals surface area contributed by atoms with Crippen molar-refractivity contribution >= 4 is 23.6 Å². The Balaban J connectivity index is 2.46. The number of hydrogen-bond donors (Lipinski definition) is 3. The van der Waals surface area contributed by atoms with Gasteiger partial charge in [-0.25, -0.2) is 14.4 Å². The number of phenolic OH excluding ortho intramolecular Hbond substituents is 1. The lowest BCUT2D eigenvalue weighted by Gasteiger charge is -2.36. The van der Waals surface area contributed by atoms with Gasteiger partial charge in [-0.15, -0.1) is 0 Å². The van der Waals surface area contributed by atoms with Crippen LogP contribution >= 0.6 is 0 Å². The summed E-state index contributed by atoms with van der Waals surface area (Å²) in [6.07, 6.45) is 0. The van der Waals surface area contributed by atoms with Gasteiger partial charge in [-0.2, -0.15) is 5.26 Å². The average molecular weight is 449 g/mol.